The number of anilines is 2. The van der Waals surface area contributed by atoms with Crippen LogP contribution >= 0.6 is 0 Å². The van der Waals surface area contributed by atoms with Crippen molar-refractivity contribution in [1.82, 2.24) is 5.32 Å². The van der Waals surface area contributed by atoms with E-state index >= 15 is 0 Å². The Morgan fingerprint density at radius 2 is 1.79 bits per heavy atom. The van der Waals surface area contributed by atoms with Crippen LogP contribution in [0.25, 0.3) is 0 Å². The van der Waals surface area contributed by atoms with Crippen molar-refractivity contribution in [3.05, 3.63) is 24.3 Å². The molecule has 3 amide bonds. The first-order valence-corrected chi connectivity index (χ1v) is 6.20. The van der Waals surface area contributed by atoms with Gasteiger partial charge in [-0.1, -0.05) is 0 Å². The van der Waals surface area contributed by atoms with Crippen LogP contribution in [-0.4, -0.2) is 31.7 Å². The van der Waals surface area contributed by atoms with Gasteiger partial charge >= 0.3 is 6.03 Å². The van der Waals surface area contributed by atoms with E-state index in [9.17, 15) is 9.59 Å². The molecule has 0 bridgehead atoms. The van der Waals surface area contributed by atoms with Gasteiger partial charge in [-0.05, 0) is 37.1 Å². The number of urea groups is 1. The van der Waals surface area contributed by atoms with Crippen LogP contribution in [0.5, 0.6) is 0 Å². The maximum Gasteiger partial charge on any atom is 0.318 e. The van der Waals surface area contributed by atoms with Crippen LogP contribution in [-0.2, 0) is 9.53 Å². The predicted octanol–water partition coefficient (Wildman–Crippen LogP) is 1.56. The summed E-state index contributed by atoms with van der Waals surface area (Å²) in [6.45, 7) is 0.646. The molecule has 1 saturated heterocycles. The molecular weight excluding hydrogens is 246 g/mol. The topological polar surface area (TPSA) is 79.5 Å². The fourth-order valence-electron chi connectivity index (χ4n) is 1.84. The molecule has 1 aliphatic heterocycles. The molecule has 1 unspecified atom stereocenters. The SMILES string of the molecule is CNC(=O)Nc1ccc(NC(=O)C2CCCO2)cc1. The third-order valence-electron chi connectivity index (χ3n) is 2.86. The van der Waals surface area contributed by atoms with Crippen LogP contribution in [0, 0.1) is 0 Å². The van der Waals surface area contributed by atoms with Gasteiger partial charge in [0.2, 0.25) is 0 Å². The number of nitrogens with one attached hydrogen (secondary N) is 3. The van der Waals surface area contributed by atoms with Crippen LogP contribution in [0.15, 0.2) is 24.3 Å². The second kappa shape index (κ2) is 6.19. The molecule has 102 valence electrons. The highest BCUT2D eigenvalue weighted by molar-refractivity contribution is 5.95. The summed E-state index contributed by atoms with van der Waals surface area (Å²) >= 11 is 0. The van der Waals surface area contributed by atoms with E-state index in [1.165, 1.54) is 0 Å². The van der Waals surface area contributed by atoms with Crippen molar-refractivity contribution in [2.24, 2.45) is 0 Å². The minimum atomic E-state index is -0.344. The summed E-state index contributed by atoms with van der Waals surface area (Å²) in [5, 5.41) is 7.89. The second-order valence-electron chi connectivity index (χ2n) is 4.27. The average molecular weight is 263 g/mol. The van der Waals surface area contributed by atoms with Gasteiger partial charge in [-0.15, -0.1) is 0 Å². The highest BCUT2D eigenvalue weighted by atomic mass is 16.5. The molecule has 19 heavy (non-hydrogen) atoms. The highest BCUT2D eigenvalue weighted by Gasteiger charge is 2.23. The second-order valence-corrected chi connectivity index (χ2v) is 4.27. The number of benzene rings is 1. The molecule has 0 radical (unpaired) electrons. The summed E-state index contributed by atoms with van der Waals surface area (Å²) in [7, 11) is 1.55. The molecule has 2 rings (SSSR count). The molecule has 1 atom stereocenters. The summed E-state index contributed by atoms with van der Waals surface area (Å²) in [5.41, 5.74) is 1.34. The first-order chi connectivity index (χ1) is 9.19. The van der Waals surface area contributed by atoms with E-state index in [4.69, 9.17) is 4.74 Å². The van der Waals surface area contributed by atoms with Crippen LogP contribution in [0.4, 0.5) is 16.2 Å². The highest BCUT2D eigenvalue weighted by Crippen LogP contribution is 2.17. The van der Waals surface area contributed by atoms with Crippen LogP contribution in [0.3, 0.4) is 0 Å². The number of amides is 3. The van der Waals surface area contributed by atoms with Crippen molar-refractivity contribution in [3.8, 4) is 0 Å². The van der Waals surface area contributed by atoms with Gasteiger partial charge in [-0.3, -0.25) is 4.79 Å². The molecule has 1 aromatic carbocycles. The number of rotatable bonds is 3. The first kappa shape index (κ1) is 13.4. The number of ether oxygens (including phenoxy) is 1. The minimum Gasteiger partial charge on any atom is -0.368 e. The molecule has 1 aliphatic rings. The third-order valence-corrected chi connectivity index (χ3v) is 2.86. The summed E-state index contributed by atoms with van der Waals surface area (Å²) in [5.74, 6) is -0.121. The van der Waals surface area contributed by atoms with Crippen molar-refractivity contribution < 1.29 is 14.3 Å². The van der Waals surface area contributed by atoms with E-state index in [0.717, 1.165) is 12.8 Å². The van der Waals surface area contributed by atoms with Crippen LogP contribution in [0.1, 0.15) is 12.8 Å². The van der Waals surface area contributed by atoms with Crippen molar-refractivity contribution in [1.29, 1.82) is 0 Å². The lowest BCUT2D eigenvalue weighted by Crippen LogP contribution is -2.27. The minimum absolute atomic E-state index is 0.121. The molecular formula is C13H17N3O3. The Hall–Kier alpha value is -2.08. The molecule has 1 heterocycles. The van der Waals surface area contributed by atoms with Crippen molar-refractivity contribution in [2.75, 3.05) is 24.3 Å². The largest absolute Gasteiger partial charge is 0.368 e. The molecule has 0 saturated carbocycles. The van der Waals surface area contributed by atoms with Crippen molar-refractivity contribution in [3.63, 3.8) is 0 Å². The Morgan fingerprint density at radius 3 is 2.32 bits per heavy atom. The normalized spacial score (nSPS) is 17.8. The standard InChI is InChI=1S/C13H17N3O3/c1-14-13(18)16-10-6-4-9(5-7-10)15-12(17)11-3-2-8-19-11/h4-7,11H,2-3,8H2,1H3,(H,15,17)(H2,14,16,18). The van der Waals surface area contributed by atoms with E-state index in [0.29, 0.717) is 18.0 Å². The van der Waals surface area contributed by atoms with Crippen LogP contribution in [0.2, 0.25) is 0 Å². The first-order valence-electron chi connectivity index (χ1n) is 6.20. The zero-order valence-electron chi connectivity index (χ0n) is 10.7. The van der Waals surface area contributed by atoms with Gasteiger partial charge in [0.25, 0.3) is 5.91 Å². The summed E-state index contributed by atoms with van der Waals surface area (Å²) in [4.78, 5) is 22.9. The Labute approximate surface area is 111 Å². The van der Waals surface area contributed by atoms with E-state index < -0.39 is 0 Å². The van der Waals surface area contributed by atoms with Gasteiger partial charge in [0.15, 0.2) is 0 Å². The van der Waals surface area contributed by atoms with Gasteiger partial charge < -0.3 is 20.7 Å². The average Bonchev–Trinajstić information content (AvgIpc) is 2.95. The van der Waals surface area contributed by atoms with Gasteiger partial charge in [-0.25, -0.2) is 4.79 Å². The maximum absolute atomic E-state index is 11.8. The van der Waals surface area contributed by atoms with E-state index in [1.807, 2.05) is 0 Å². The molecule has 0 aromatic heterocycles. The Morgan fingerprint density at radius 1 is 1.16 bits per heavy atom. The number of hydrogen-bond acceptors (Lipinski definition) is 3. The van der Waals surface area contributed by atoms with E-state index in [1.54, 1.807) is 31.3 Å². The smallest absolute Gasteiger partial charge is 0.318 e. The van der Waals surface area contributed by atoms with Crippen molar-refractivity contribution >= 4 is 23.3 Å². The lowest BCUT2D eigenvalue weighted by Gasteiger charge is -2.11. The third kappa shape index (κ3) is 3.69. The fraction of sp³-hybridized carbons (Fsp3) is 0.385. The lowest BCUT2D eigenvalue weighted by molar-refractivity contribution is -0.124. The van der Waals surface area contributed by atoms with Gasteiger partial charge in [-0.2, -0.15) is 0 Å². The Bertz CT molecular complexity index is 453. The molecule has 6 nitrogen and oxygen atoms in total. The molecule has 0 aliphatic carbocycles. The molecule has 1 fully saturated rings. The molecule has 1 aromatic rings. The predicted molar refractivity (Wildman–Crippen MR) is 72.1 cm³/mol. The number of carbonyl (C=O) groups excluding carboxylic acids is 2. The monoisotopic (exact) mass is 263 g/mol. The summed E-state index contributed by atoms with van der Waals surface area (Å²) in [6, 6.07) is 6.63. The maximum atomic E-state index is 11.8. The zero-order chi connectivity index (χ0) is 13.7. The quantitative estimate of drug-likeness (QED) is 0.774. The zero-order valence-corrected chi connectivity index (χ0v) is 10.7. The molecule has 6 heteroatoms. The van der Waals surface area contributed by atoms with Crippen molar-refractivity contribution in [2.45, 2.75) is 18.9 Å². The van der Waals surface area contributed by atoms with Gasteiger partial charge in [0, 0.05) is 25.0 Å². The number of hydrogen-bond donors (Lipinski definition) is 3. The summed E-state index contributed by atoms with van der Waals surface area (Å²) < 4.78 is 5.30. The van der Waals surface area contributed by atoms with Crippen LogP contribution < -0.4 is 16.0 Å². The lowest BCUT2D eigenvalue weighted by atomic mass is 10.2. The Kier molecular flexibility index (Phi) is 4.35. The fourth-order valence-corrected chi connectivity index (χ4v) is 1.84. The number of carbonyl (C=O) groups is 2. The summed E-state index contributed by atoms with van der Waals surface area (Å²) in [6.07, 6.45) is 1.35. The Balaban J connectivity index is 1.91. The van der Waals surface area contributed by atoms with E-state index in [2.05, 4.69) is 16.0 Å². The van der Waals surface area contributed by atoms with Gasteiger partial charge in [0.1, 0.15) is 6.10 Å². The molecule has 3 N–H and O–H groups in total. The van der Waals surface area contributed by atoms with E-state index in [-0.39, 0.29) is 18.0 Å². The molecule has 0 spiro atoms. The van der Waals surface area contributed by atoms with Gasteiger partial charge in [0.05, 0.1) is 0 Å².